The van der Waals surface area contributed by atoms with Crippen molar-refractivity contribution in [3.8, 4) is 0 Å². The van der Waals surface area contributed by atoms with Crippen molar-refractivity contribution >= 4 is 23.9 Å². The van der Waals surface area contributed by atoms with Gasteiger partial charge in [0.2, 0.25) is 0 Å². The molecule has 17 nitrogen and oxygen atoms in total. The molecule has 17 heteroatoms. The van der Waals surface area contributed by atoms with Crippen molar-refractivity contribution < 1.29 is 66.9 Å². The predicted molar refractivity (Wildman–Crippen MR) is 281 cm³/mol. The number of hydrogen-bond acceptors (Lipinski definition) is 15. The molecule has 1 N–H and O–H groups in total. The summed E-state index contributed by atoms with van der Waals surface area (Å²) in [7, 11) is 0. The first kappa shape index (κ1) is 54.3. The Balaban J connectivity index is 1.17. The Morgan fingerprint density at radius 1 is 0.436 bits per heavy atom. The average molecular weight is 1050 g/mol. The minimum Gasteiger partial charge on any atom is -0.452 e. The van der Waals surface area contributed by atoms with Crippen molar-refractivity contribution in [1.29, 1.82) is 0 Å². The van der Waals surface area contributed by atoms with E-state index in [9.17, 15) is 29.8 Å². The molecule has 1 heterocycles. The monoisotopic (exact) mass is 1050 g/mol. The van der Waals surface area contributed by atoms with Crippen LogP contribution in [0.25, 0.3) is 10.4 Å². The lowest BCUT2D eigenvalue weighted by molar-refractivity contribution is -0.325. The van der Waals surface area contributed by atoms with E-state index in [1.807, 2.05) is 91.0 Å². The van der Waals surface area contributed by atoms with Gasteiger partial charge in [-0.2, -0.15) is 0 Å². The van der Waals surface area contributed by atoms with E-state index in [2.05, 4.69) is 10.0 Å². The Labute approximate surface area is 449 Å². The van der Waals surface area contributed by atoms with Gasteiger partial charge in [-0.15, -0.1) is 0 Å². The number of azide groups is 1. The molecule has 1 saturated heterocycles. The maximum absolute atomic E-state index is 14.5. The first-order valence-electron chi connectivity index (χ1n) is 25.2. The largest absolute Gasteiger partial charge is 0.452 e. The van der Waals surface area contributed by atoms with Gasteiger partial charge in [0.05, 0.1) is 48.7 Å². The third kappa shape index (κ3) is 13.9. The predicted octanol–water partition coefficient (Wildman–Crippen LogP) is 9.44. The fraction of sp³-hybridized carbons (Fsp3) is 0.246. The molecule has 0 amide bonds. The molecule has 1 saturated carbocycles. The molecule has 11 atom stereocenters. The van der Waals surface area contributed by atoms with E-state index in [1.54, 1.807) is 72.8 Å². The second-order valence-electron chi connectivity index (χ2n) is 18.3. The molecule has 0 bridgehead atoms. The molecule has 7 aromatic carbocycles. The zero-order valence-electron chi connectivity index (χ0n) is 42.0. The van der Waals surface area contributed by atoms with E-state index in [4.69, 9.17) is 42.6 Å². The maximum Gasteiger partial charge on any atom is 0.338 e. The first-order valence-corrected chi connectivity index (χ1v) is 25.2. The molecular formula is C61H55N3O14. The third-order valence-electron chi connectivity index (χ3n) is 13.0. The highest BCUT2D eigenvalue weighted by Gasteiger charge is 2.60. The summed E-state index contributed by atoms with van der Waals surface area (Å²) in [5.41, 5.74) is 13.0. The summed E-state index contributed by atoms with van der Waals surface area (Å²) in [5, 5.41) is 17.2. The lowest BCUT2D eigenvalue weighted by atomic mass is 9.83. The van der Waals surface area contributed by atoms with Crippen LogP contribution >= 0.6 is 0 Å². The quantitative estimate of drug-likeness (QED) is 0.0233. The van der Waals surface area contributed by atoms with Gasteiger partial charge in [-0.3, -0.25) is 0 Å². The number of esters is 4. The number of aliphatic hydroxyl groups is 1. The smallest absolute Gasteiger partial charge is 0.338 e. The second kappa shape index (κ2) is 27.0. The summed E-state index contributed by atoms with van der Waals surface area (Å²) < 4.78 is 58.4. The number of carbonyl (C=O) groups excluding carboxylic acids is 4. The zero-order valence-corrected chi connectivity index (χ0v) is 42.0. The highest BCUT2D eigenvalue weighted by Crippen LogP contribution is 2.38. The number of rotatable bonds is 21. The van der Waals surface area contributed by atoms with Crippen LogP contribution in [0.2, 0.25) is 0 Å². The van der Waals surface area contributed by atoms with Crippen LogP contribution in [-0.4, -0.2) is 103 Å². The van der Waals surface area contributed by atoms with Gasteiger partial charge >= 0.3 is 23.9 Å². The molecule has 2 fully saturated rings. The van der Waals surface area contributed by atoms with E-state index in [-0.39, 0.29) is 48.7 Å². The SMILES string of the molecule is [N-]=[N+]=N[C@H]1[C@@H](O[C@H]2[C@H](O)[C@@H](OC(=O)c3ccccc3)[C@H](OC(=O)c3ccccc3)[C@H](OC(=O)c3ccccc3)[C@H]2OC(=O)c2ccccc2)O[C@H](COCc2ccccc2)[C@H](OCc2ccccc2)[C@@H]1OCc1ccccc1. The van der Waals surface area contributed by atoms with E-state index < -0.39 is 91.1 Å². The molecule has 7 aromatic rings. The standard InChI is InChI=1S/C61H55N3O14/c62-64-63-48-51(72-38-42-26-12-3-13-27-42)50(71-37-41-24-10-2-11-25-41)47(39-70-36-40-22-8-1-9-23-40)73-61(48)78-53-49(65)52(74-57(66)43-28-14-4-15-29-43)54(75-58(67)44-30-16-5-17-31-44)56(77-60(69)46-34-20-7-21-35-46)55(53)76-59(68)45-32-18-6-19-33-45/h1-35,47-56,61,65H,36-39H2/t47-,48-,49-,50+,51-,52-,53+,54+,55+,56+,61-/m1/s1. The van der Waals surface area contributed by atoms with Crippen LogP contribution in [0.4, 0.5) is 0 Å². The molecule has 1 aliphatic heterocycles. The van der Waals surface area contributed by atoms with Crippen molar-refractivity contribution in [1.82, 2.24) is 0 Å². The van der Waals surface area contributed by atoms with Gasteiger partial charge in [0.15, 0.2) is 30.7 Å². The van der Waals surface area contributed by atoms with Gasteiger partial charge in [-0.25, -0.2) is 19.2 Å². The van der Waals surface area contributed by atoms with Crippen molar-refractivity contribution in [2.75, 3.05) is 6.61 Å². The molecule has 9 rings (SSSR count). The van der Waals surface area contributed by atoms with Gasteiger partial charge in [0.1, 0.15) is 36.6 Å². The highest BCUT2D eigenvalue weighted by molar-refractivity contribution is 5.92. The Morgan fingerprint density at radius 3 is 1.17 bits per heavy atom. The summed E-state index contributed by atoms with van der Waals surface area (Å²) in [5.74, 6) is -3.90. The number of ether oxygens (including phenoxy) is 9. The average Bonchev–Trinajstić information content (AvgIpc) is 3.50. The molecule has 78 heavy (non-hydrogen) atoms. The van der Waals surface area contributed by atoms with Crippen LogP contribution < -0.4 is 0 Å². The number of benzene rings is 7. The van der Waals surface area contributed by atoms with Crippen LogP contribution in [0.15, 0.2) is 217 Å². The number of nitrogens with zero attached hydrogens (tertiary/aromatic N) is 3. The Kier molecular flexibility index (Phi) is 18.8. The minimum absolute atomic E-state index is 0.00861. The number of aliphatic hydroxyl groups excluding tert-OH is 1. The van der Waals surface area contributed by atoms with Crippen LogP contribution in [-0.2, 0) is 62.5 Å². The van der Waals surface area contributed by atoms with Crippen LogP contribution in [0.5, 0.6) is 0 Å². The fourth-order valence-corrected chi connectivity index (χ4v) is 9.17. The normalized spacial score (nSPS) is 23.6. The fourth-order valence-electron chi connectivity index (χ4n) is 9.17. The Morgan fingerprint density at radius 2 is 0.769 bits per heavy atom. The highest BCUT2D eigenvalue weighted by atomic mass is 16.7. The molecule has 0 radical (unpaired) electrons. The summed E-state index contributed by atoms with van der Waals surface area (Å²) >= 11 is 0. The van der Waals surface area contributed by atoms with Gasteiger partial charge in [0.25, 0.3) is 0 Å². The summed E-state index contributed by atoms with van der Waals surface area (Å²) in [4.78, 5) is 60.6. The van der Waals surface area contributed by atoms with Crippen LogP contribution in [0.1, 0.15) is 58.1 Å². The molecule has 2 aliphatic rings. The van der Waals surface area contributed by atoms with Gasteiger partial charge in [-0.05, 0) is 70.8 Å². The molecule has 0 spiro atoms. The summed E-state index contributed by atoms with van der Waals surface area (Å²) in [6.45, 7) is 0.0614. The summed E-state index contributed by atoms with van der Waals surface area (Å²) in [6.07, 6.45) is -16.7. The van der Waals surface area contributed by atoms with E-state index in [0.717, 1.165) is 16.7 Å². The van der Waals surface area contributed by atoms with Crippen molar-refractivity contribution in [2.45, 2.75) is 87.1 Å². The van der Waals surface area contributed by atoms with E-state index in [1.165, 1.54) is 48.5 Å². The molecule has 0 aromatic heterocycles. The maximum atomic E-state index is 14.5. The van der Waals surface area contributed by atoms with Gasteiger partial charge in [0, 0.05) is 4.91 Å². The van der Waals surface area contributed by atoms with Crippen molar-refractivity contribution in [3.63, 3.8) is 0 Å². The lowest BCUT2D eigenvalue weighted by Crippen LogP contribution is -2.70. The number of carbonyl (C=O) groups is 4. The van der Waals surface area contributed by atoms with Crippen LogP contribution in [0, 0.1) is 0 Å². The third-order valence-corrected chi connectivity index (χ3v) is 13.0. The molecule has 0 unspecified atom stereocenters. The van der Waals surface area contributed by atoms with Crippen molar-refractivity contribution in [2.24, 2.45) is 5.11 Å². The Bertz CT molecular complexity index is 3070. The van der Waals surface area contributed by atoms with Crippen LogP contribution in [0.3, 0.4) is 0 Å². The topological polar surface area (TPSA) is 220 Å². The lowest BCUT2D eigenvalue weighted by Gasteiger charge is -2.50. The Hall–Kier alpha value is -8.51. The molecule has 398 valence electrons. The minimum atomic E-state index is -2.11. The van der Waals surface area contributed by atoms with Crippen molar-refractivity contribution in [3.05, 3.63) is 262 Å². The van der Waals surface area contributed by atoms with Gasteiger partial charge < -0.3 is 47.7 Å². The number of hydrogen-bond donors (Lipinski definition) is 1. The van der Waals surface area contributed by atoms with E-state index >= 15 is 0 Å². The van der Waals surface area contributed by atoms with E-state index in [0.29, 0.717) is 0 Å². The van der Waals surface area contributed by atoms with Gasteiger partial charge in [-0.1, -0.05) is 169 Å². The second-order valence-corrected chi connectivity index (χ2v) is 18.3. The zero-order chi connectivity index (χ0) is 54.1. The molecule has 1 aliphatic carbocycles. The first-order chi connectivity index (χ1) is 38.2. The molecular weight excluding hydrogens is 999 g/mol. The summed E-state index contributed by atoms with van der Waals surface area (Å²) in [6, 6.07) is 57.9.